The smallest absolute Gasteiger partial charge is 0.0311 e. The second-order valence-corrected chi connectivity index (χ2v) is 3.05. The maximum absolute atomic E-state index is 2.36. The lowest BCUT2D eigenvalue weighted by molar-refractivity contribution is 0.963. The first-order valence-corrected chi connectivity index (χ1v) is 5.16. The predicted octanol–water partition coefficient (Wildman–Crippen LogP) is 4.48. The van der Waals surface area contributed by atoms with Crippen LogP contribution in [-0.2, 0) is 0 Å². The minimum absolute atomic E-state index is 1.15. The second kappa shape index (κ2) is 7.15. The highest BCUT2D eigenvalue weighted by Gasteiger charge is 1.92. The summed E-state index contributed by atoms with van der Waals surface area (Å²) in [6.45, 7) is 8.88. The average Bonchev–Trinajstić information content (AvgIpc) is 2.12. The third kappa shape index (κ3) is 4.38. The topological polar surface area (TPSA) is 0 Å². The van der Waals surface area contributed by atoms with Crippen molar-refractivity contribution in [3.63, 3.8) is 0 Å². The first kappa shape index (κ1) is 11.5. The minimum atomic E-state index is 1.15. The molecule has 0 aromatic heterocycles. The fraction of sp³-hybridized carbons (Fsp3) is 0.667. The molecule has 0 aliphatic carbocycles. The van der Waals surface area contributed by atoms with Crippen molar-refractivity contribution in [1.29, 1.82) is 0 Å². The van der Waals surface area contributed by atoms with Gasteiger partial charge in [0.05, 0.1) is 0 Å². The van der Waals surface area contributed by atoms with E-state index in [-0.39, 0.29) is 0 Å². The molecule has 0 aromatic rings. The van der Waals surface area contributed by atoms with Gasteiger partial charge in [0.25, 0.3) is 0 Å². The van der Waals surface area contributed by atoms with Gasteiger partial charge in [-0.05, 0) is 25.7 Å². The molecule has 70 valence electrons. The maximum Gasteiger partial charge on any atom is -0.0311 e. The van der Waals surface area contributed by atoms with Crippen LogP contribution in [0.5, 0.6) is 0 Å². The molecule has 0 nitrogen and oxygen atoms in total. The van der Waals surface area contributed by atoms with Gasteiger partial charge in [-0.15, -0.1) is 0 Å². The van der Waals surface area contributed by atoms with E-state index < -0.39 is 0 Å². The second-order valence-electron chi connectivity index (χ2n) is 3.05. The molecule has 0 heterocycles. The van der Waals surface area contributed by atoms with E-state index >= 15 is 0 Å². The van der Waals surface area contributed by atoms with Gasteiger partial charge in [-0.25, -0.2) is 0 Å². The maximum atomic E-state index is 2.36. The van der Waals surface area contributed by atoms with Gasteiger partial charge in [0.2, 0.25) is 0 Å². The summed E-state index contributed by atoms with van der Waals surface area (Å²) in [6.07, 6.45) is 9.39. The highest BCUT2D eigenvalue weighted by molar-refractivity contribution is 5.22. The van der Waals surface area contributed by atoms with E-state index in [1.54, 1.807) is 5.57 Å². The molecule has 0 fully saturated rings. The van der Waals surface area contributed by atoms with Crippen molar-refractivity contribution < 1.29 is 0 Å². The van der Waals surface area contributed by atoms with E-state index in [4.69, 9.17) is 0 Å². The van der Waals surface area contributed by atoms with Crippen LogP contribution in [0.15, 0.2) is 23.3 Å². The Hall–Kier alpha value is -0.520. The molecule has 0 saturated carbocycles. The normalized spacial score (nSPS) is 11.5. The quantitative estimate of drug-likeness (QED) is 0.528. The fourth-order valence-corrected chi connectivity index (χ4v) is 1.28. The Morgan fingerprint density at radius 2 is 1.50 bits per heavy atom. The molecule has 0 rings (SSSR count). The van der Waals surface area contributed by atoms with Gasteiger partial charge in [0, 0.05) is 0 Å². The van der Waals surface area contributed by atoms with Crippen LogP contribution < -0.4 is 0 Å². The van der Waals surface area contributed by atoms with Gasteiger partial charge in [-0.1, -0.05) is 51.0 Å². The van der Waals surface area contributed by atoms with Crippen LogP contribution in [0.2, 0.25) is 0 Å². The highest BCUT2D eigenvalue weighted by atomic mass is 14.0. The third-order valence-corrected chi connectivity index (χ3v) is 2.17. The Morgan fingerprint density at radius 1 is 0.917 bits per heavy atom. The molecule has 0 amide bonds. The van der Waals surface area contributed by atoms with Crippen molar-refractivity contribution in [2.24, 2.45) is 0 Å². The zero-order valence-corrected chi connectivity index (χ0v) is 8.98. The van der Waals surface area contributed by atoms with E-state index in [2.05, 4.69) is 39.8 Å². The lowest BCUT2D eigenvalue weighted by atomic mass is 10.0. The summed E-state index contributed by atoms with van der Waals surface area (Å²) in [7, 11) is 0. The summed E-state index contributed by atoms with van der Waals surface area (Å²) in [5, 5.41) is 0. The Kier molecular flexibility index (Phi) is 6.84. The number of hydrogen-bond donors (Lipinski definition) is 0. The molecular formula is C12H22. The summed E-state index contributed by atoms with van der Waals surface area (Å²) < 4.78 is 0. The zero-order valence-electron chi connectivity index (χ0n) is 8.98. The van der Waals surface area contributed by atoms with Crippen LogP contribution >= 0.6 is 0 Å². The van der Waals surface area contributed by atoms with Crippen LogP contribution in [-0.4, -0.2) is 0 Å². The monoisotopic (exact) mass is 166 g/mol. The first-order valence-electron chi connectivity index (χ1n) is 5.16. The molecule has 0 N–H and O–H groups in total. The summed E-state index contributed by atoms with van der Waals surface area (Å²) in [5.74, 6) is 0. The minimum Gasteiger partial charge on any atom is -0.0816 e. The van der Waals surface area contributed by atoms with Gasteiger partial charge in [-0.2, -0.15) is 0 Å². The zero-order chi connectivity index (χ0) is 9.40. The van der Waals surface area contributed by atoms with E-state index in [1.165, 1.54) is 18.4 Å². The van der Waals surface area contributed by atoms with Crippen LogP contribution in [0, 0.1) is 0 Å². The highest BCUT2D eigenvalue weighted by Crippen LogP contribution is 2.12. The molecule has 0 aromatic carbocycles. The molecule has 0 bridgehead atoms. The third-order valence-electron chi connectivity index (χ3n) is 2.17. The summed E-state index contributed by atoms with van der Waals surface area (Å²) in [5.41, 5.74) is 3.06. The Morgan fingerprint density at radius 3 is 1.83 bits per heavy atom. The Bertz CT molecular complexity index is 155. The van der Waals surface area contributed by atoms with Crippen molar-refractivity contribution in [2.45, 2.75) is 53.4 Å². The fourth-order valence-electron chi connectivity index (χ4n) is 1.28. The van der Waals surface area contributed by atoms with Gasteiger partial charge in [-0.3, -0.25) is 0 Å². The Balaban J connectivity index is 4.32. The predicted molar refractivity (Wildman–Crippen MR) is 57.3 cm³/mol. The molecule has 0 aliphatic heterocycles. The van der Waals surface area contributed by atoms with Crippen molar-refractivity contribution in [3.05, 3.63) is 23.3 Å². The van der Waals surface area contributed by atoms with Crippen molar-refractivity contribution in [2.75, 3.05) is 0 Å². The largest absolute Gasteiger partial charge is 0.0816 e. The average molecular weight is 166 g/mol. The molecule has 0 radical (unpaired) electrons. The van der Waals surface area contributed by atoms with Gasteiger partial charge < -0.3 is 0 Å². The lowest BCUT2D eigenvalue weighted by Crippen LogP contribution is -1.81. The van der Waals surface area contributed by atoms with Crippen LogP contribution in [0.3, 0.4) is 0 Å². The molecule has 0 unspecified atom stereocenters. The Labute approximate surface area is 77.4 Å². The van der Waals surface area contributed by atoms with E-state index in [0.29, 0.717) is 0 Å². The van der Waals surface area contributed by atoms with E-state index in [9.17, 15) is 0 Å². The number of hydrogen-bond acceptors (Lipinski definition) is 0. The number of allylic oxidation sites excluding steroid dienone is 4. The summed E-state index contributed by atoms with van der Waals surface area (Å²) >= 11 is 0. The molecule has 12 heavy (non-hydrogen) atoms. The van der Waals surface area contributed by atoms with Crippen LogP contribution in [0.1, 0.15) is 53.4 Å². The van der Waals surface area contributed by atoms with Gasteiger partial charge >= 0.3 is 0 Å². The summed E-state index contributed by atoms with van der Waals surface area (Å²) in [6, 6.07) is 0. The lowest BCUT2D eigenvalue weighted by Gasteiger charge is -2.02. The van der Waals surface area contributed by atoms with Crippen molar-refractivity contribution in [1.82, 2.24) is 0 Å². The molecule has 0 aliphatic rings. The molecular weight excluding hydrogens is 144 g/mol. The number of rotatable bonds is 5. The van der Waals surface area contributed by atoms with E-state index in [1.807, 2.05) is 0 Å². The molecule has 0 atom stereocenters. The summed E-state index contributed by atoms with van der Waals surface area (Å²) in [4.78, 5) is 0. The molecule has 0 heteroatoms. The van der Waals surface area contributed by atoms with E-state index in [0.717, 1.165) is 12.8 Å². The molecule has 0 spiro atoms. The van der Waals surface area contributed by atoms with Crippen LogP contribution in [0.4, 0.5) is 0 Å². The first-order chi connectivity index (χ1) is 5.78. The standard InChI is InChI=1S/C12H22/c1-5-9-12(8-4)10-11(6-2)7-3/h9-10H,5-8H2,1-4H3/b12-9-. The van der Waals surface area contributed by atoms with Crippen LogP contribution in [0.25, 0.3) is 0 Å². The van der Waals surface area contributed by atoms with Crippen molar-refractivity contribution >= 4 is 0 Å². The van der Waals surface area contributed by atoms with Gasteiger partial charge in [0.1, 0.15) is 0 Å². The molecule has 0 saturated heterocycles. The SMILES string of the molecule is CC/C=C(\C=C(CC)CC)CC. The van der Waals surface area contributed by atoms with Crippen molar-refractivity contribution in [3.8, 4) is 0 Å². The van der Waals surface area contributed by atoms with Gasteiger partial charge in [0.15, 0.2) is 0 Å².